The van der Waals surface area contributed by atoms with Crippen molar-refractivity contribution < 1.29 is 23.5 Å². The van der Waals surface area contributed by atoms with E-state index in [0.717, 1.165) is 5.56 Å². The van der Waals surface area contributed by atoms with E-state index < -0.39 is 5.97 Å². The second-order valence-electron chi connectivity index (χ2n) is 5.62. The second-order valence-corrected chi connectivity index (χ2v) is 5.62. The Morgan fingerprint density at radius 3 is 2.46 bits per heavy atom. The molecule has 0 aliphatic heterocycles. The maximum atomic E-state index is 11.9. The highest BCUT2D eigenvalue weighted by molar-refractivity contribution is 5.97. The minimum absolute atomic E-state index is 0.139. The molecule has 0 radical (unpaired) electrons. The second kappa shape index (κ2) is 8.67. The van der Waals surface area contributed by atoms with Crippen molar-refractivity contribution in [3.8, 4) is 17.4 Å². The molecule has 1 aromatic carbocycles. The Kier molecular flexibility index (Phi) is 6.34. The van der Waals surface area contributed by atoms with Crippen LogP contribution in [0.4, 0.5) is 0 Å². The molecule has 0 atom stereocenters. The third kappa shape index (κ3) is 4.84. The van der Waals surface area contributed by atoms with E-state index in [9.17, 15) is 9.59 Å². The fourth-order valence-corrected chi connectivity index (χ4v) is 2.13. The molecule has 0 saturated carbocycles. The van der Waals surface area contributed by atoms with Gasteiger partial charge in [-0.1, -0.05) is 12.1 Å². The Labute approximate surface area is 151 Å². The molecule has 6 heteroatoms. The smallest absolute Gasteiger partial charge is 0.349 e. The molecule has 0 saturated heterocycles. The molecule has 0 N–H and O–H groups in total. The molecule has 26 heavy (non-hydrogen) atoms. The van der Waals surface area contributed by atoms with Gasteiger partial charge in [0.2, 0.25) is 0 Å². The number of hydrogen-bond donors (Lipinski definition) is 0. The van der Waals surface area contributed by atoms with Gasteiger partial charge in [-0.05, 0) is 45.0 Å². The third-order valence-electron chi connectivity index (χ3n) is 3.28. The number of furan rings is 1. The van der Waals surface area contributed by atoms with Gasteiger partial charge in [0, 0.05) is 11.6 Å². The molecule has 2 aromatic rings. The maximum absolute atomic E-state index is 11.9. The molecular weight excluding hydrogens is 334 g/mol. The first-order valence-corrected chi connectivity index (χ1v) is 8.14. The van der Waals surface area contributed by atoms with E-state index in [-0.39, 0.29) is 24.3 Å². The van der Waals surface area contributed by atoms with Gasteiger partial charge in [0.05, 0.1) is 18.3 Å². The minimum Gasteiger partial charge on any atom is -0.462 e. The Morgan fingerprint density at radius 2 is 1.88 bits per heavy atom. The molecule has 0 aliphatic rings. The van der Waals surface area contributed by atoms with Gasteiger partial charge < -0.3 is 13.9 Å². The molecule has 134 valence electrons. The van der Waals surface area contributed by atoms with Gasteiger partial charge in [0.25, 0.3) is 0 Å². The Hall–Kier alpha value is -3.33. The van der Waals surface area contributed by atoms with Crippen LogP contribution in [0.3, 0.4) is 0 Å². The predicted octanol–water partition coefficient (Wildman–Crippen LogP) is 3.98. The molecule has 1 aromatic heterocycles. The van der Waals surface area contributed by atoms with E-state index >= 15 is 0 Å². The number of nitrogens with zero attached hydrogens (tertiary/aromatic N) is 1. The van der Waals surface area contributed by atoms with E-state index in [4.69, 9.17) is 19.2 Å². The summed E-state index contributed by atoms with van der Waals surface area (Å²) in [7, 11) is 0. The van der Waals surface area contributed by atoms with Crippen LogP contribution in [0.1, 0.15) is 36.9 Å². The summed E-state index contributed by atoms with van der Waals surface area (Å²) in [6.45, 7) is 5.43. The Bertz CT molecular complexity index is 853. The molecule has 0 bridgehead atoms. The van der Waals surface area contributed by atoms with Gasteiger partial charge >= 0.3 is 11.9 Å². The van der Waals surface area contributed by atoms with Crippen LogP contribution in [0, 0.1) is 11.3 Å². The topological polar surface area (TPSA) is 89.5 Å². The summed E-state index contributed by atoms with van der Waals surface area (Å²) in [6.07, 6.45) is 1.14. The molecule has 1 heterocycles. The van der Waals surface area contributed by atoms with Crippen molar-refractivity contribution in [3.05, 3.63) is 53.3 Å². The summed E-state index contributed by atoms with van der Waals surface area (Å²) < 4.78 is 15.6. The van der Waals surface area contributed by atoms with Crippen LogP contribution in [0.15, 0.2) is 46.4 Å². The van der Waals surface area contributed by atoms with Gasteiger partial charge in [-0.25, -0.2) is 9.59 Å². The van der Waals surface area contributed by atoms with Crippen LogP contribution >= 0.6 is 0 Å². The summed E-state index contributed by atoms with van der Waals surface area (Å²) >= 11 is 0. The monoisotopic (exact) mass is 353 g/mol. The molecule has 2 rings (SSSR count). The number of carbonyl (C=O) groups excluding carboxylic acids is 2. The van der Waals surface area contributed by atoms with Crippen molar-refractivity contribution in [2.45, 2.75) is 26.9 Å². The van der Waals surface area contributed by atoms with E-state index in [1.165, 1.54) is 6.08 Å². The molecule has 6 nitrogen and oxygen atoms in total. The quantitative estimate of drug-likeness (QED) is 0.443. The molecule has 0 unspecified atom stereocenters. The number of carbonyl (C=O) groups is 2. The summed E-state index contributed by atoms with van der Waals surface area (Å²) in [5, 5.41) is 9.05. The fraction of sp³-hybridized carbons (Fsp3) is 0.250. The largest absolute Gasteiger partial charge is 0.462 e. The molecular formula is C20H19NO5. The standard InChI is InChI=1S/C20H19NO5/c1-4-24-19(22)16(12-21)11-17-9-10-18(26-17)14-5-7-15(8-6-14)20(23)25-13(2)3/h5-11,13H,4H2,1-3H3. The van der Waals surface area contributed by atoms with Crippen LogP contribution in [-0.2, 0) is 14.3 Å². The number of ether oxygens (including phenoxy) is 2. The summed E-state index contributed by atoms with van der Waals surface area (Å²) in [5.41, 5.74) is 1.06. The minimum atomic E-state index is -0.694. The van der Waals surface area contributed by atoms with Gasteiger partial charge in [0.1, 0.15) is 23.2 Å². The lowest BCUT2D eigenvalue weighted by molar-refractivity contribution is -0.137. The lowest BCUT2D eigenvalue weighted by atomic mass is 10.1. The number of hydrogen-bond acceptors (Lipinski definition) is 6. The van der Waals surface area contributed by atoms with E-state index in [0.29, 0.717) is 17.1 Å². The average molecular weight is 353 g/mol. The summed E-state index contributed by atoms with van der Waals surface area (Å²) in [6, 6.07) is 11.9. The number of rotatable bonds is 6. The third-order valence-corrected chi connectivity index (χ3v) is 3.28. The Morgan fingerprint density at radius 1 is 1.19 bits per heavy atom. The van der Waals surface area contributed by atoms with Crippen molar-refractivity contribution >= 4 is 18.0 Å². The van der Waals surface area contributed by atoms with Crippen LogP contribution in [0.5, 0.6) is 0 Å². The first-order valence-electron chi connectivity index (χ1n) is 8.14. The van der Waals surface area contributed by atoms with Crippen LogP contribution in [-0.4, -0.2) is 24.6 Å². The van der Waals surface area contributed by atoms with Crippen LogP contribution < -0.4 is 0 Å². The number of benzene rings is 1. The van der Waals surface area contributed by atoms with Crippen LogP contribution in [0.2, 0.25) is 0 Å². The van der Waals surface area contributed by atoms with Gasteiger partial charge in [-0.15, -0.1) is 0 Å². The molecule has 0 aliphatic carbocycles. The Balaban J connectivity index is 2.18. The van der Waals surface area contributed by atoms with Crippen molar-refractivity contribution in [1.29, 1.82) is 5.26 Å². The van der Waals surface area contributed by atoms with Gasteiger partial charge in [0.15, 0.2) is 0 Å². The number of nitriles is 1. The summed E-state index contributed by atoms with van der Waals surface area (Å²) in [5.74, 6) is -0.183. The lowest BCUT2D eigenvalue weighted by Crippen LogP contribution is -2.11. The van der Waals surface area contributed by atoms with E-state index in [2.05, 4.69) is 0 Å². The van der Waals surface area contributed by atoms with E-state index in [1.54, 1.807) is 63.2 Å². The highest BCUT2D eigenvalue weighted by Crippen LogP contribution is 2.24. The maximum Gasteiger partial charge on any atom is 0.349 e. The highest BCUT2D eigenvalue weighted by atomic mass is 16.5. The zero-order valence-corrected chi connectivity index (χ0v) is 14.8. The average Bonchev–Trinajstić information content (AvgIpc) is 3.08. The molecule has 0 spiro atoms. The van der Waals surface area contributed by atoms with Gasteiger partial charge in [-0.2, -0.15) is 5.26 Å². The first kappa shape index (κ1) is 19.0. The van der Waals surface area contributed by atoms with Crippen molar-refractivity contribution in [1.82, 2.24) is 0 Å². The summed E-state index contributed by atoms with van der Waals surface area (Å²) in [4.78, 5) is 23.5. The van der Waals surface area contributed by atoms with E-state index in [1.807, 2.05) is 0 Å². The SMILES string of the molecule is CCOC(=O)C(C#N)=Cc1ccc(-c2ccc(C(=O)OC(C)C)cc2)o1. The first-order chi connectivity index (χ1) is 12.4. The van der Waals surface area contributed by atoms with Crippen molar-refractivity contribution in [2.24, 2.45) is 0 Å². The normalized spacial score (nSPS) is 11.1. The zero-order chi connectivity index (χ0) is 19.1. The number of esters is 2. The highest BCUT2D eigenvalue weighted by Gasteiger charge is 2.13. The molecule has 0 amide bonds. The fourth-order valence-electron chi connectivity index (χ4n) is 2.13. The van der Waals surface area contributed by atoms with Crippen LogP contribution in [0.25, 0.3) is 17.4 Å². The molecule has 0 fully saturated rings. The zero-order valence-electron chi connectivity index (χ0n) is 14.8. The van der Waals surface area contributed by atoms with Crippen molar-refractivity contribution in [2.75, 3.05) is 6.61 Å². The van der Waals surface area contributed by atoms with Gasteiger partial charge in [-0.3, -0.25) is 0 Å². The van der Waals surface area contributed by atoms with Crippen molar-refractivity contribution in [3.63, 3.8) is 0 Å². The lowest BCUT2D eigenvalue weighted by Gasteiger charge is -2.07. The predicted molar refractivity (Wildman–Crippen MR) is 94.9 cm³/mol.